The fourth-order valence-electron chi connectivity index (χ4n) is 11.7. The molecule has 3 fully saturated rings. The number of carbonyl (C=O) groups excluding carboxylic acids is 3. The molecular formula is C66H70ClF3N14O12S3. The summed E-state index contributed by atoms with van der Waals surface area (Å²) in [5.41, 5.74) is 2.31. The second-order valence-corrected chi connectivity index (χ2v) is 31.4. The van der Waals surface area contributed by atoms with E-state index in [9.17, 15) is 52.8 Å². The van der Waals surface area contributed by atoms with E-state index in [-0.39, 0.29) is 96.5 Å². The molecule has 6 atom stereocenters. The van der Waals surface area contributed by atoms with Crippen LogP contribution in [0.3, 0.4) is 0 Å². The smallest absolute Gasteiger partial charge is 0.403 e. The molecule has 3 aliphatic heterocycles. The molecule has 12 rings (SSSR count). The van der Waals surface area contributed by atoms with Gasteiger partial charge < -0.3 is 13.3 Å². The zero-order valence-corrected chi connectivity index (χ0v) is 57.8. The molecule has 0 radical (unpaired) electrons. The van der Waals surface area contributed by atoms with Crippen molar-refractivity contribution in [2.24, 2.45) is 35.5 Å². The van der Waals surface area contributed by atoms with Crippen LogP contribution in [-0.2, 0) is 36.2 Å². The fraction of sp³-hybridized carbons (Fsp3) is 0.348. The van der Waals surface area contributed by atoms with Gasteiger partial charge in [-0.3, -0.25) is 35.3 Å². The Morgan fingerprint density at radius 3 is 1.24 bits per heavy atom. The highest BCUT2D eigenvalue weighted by Crippen LogP contribution is 2.34. The van der Waals surface area contributed by atoms with Crippen molar-refractivity contribution in [3.8, 4) is 34.4 Å². The van der Waals surface area contributed by atoms with Crippen LogP contribution < -0.4 is 16.0 Å². The first kappa shape index (κ1) is 72.6. The summed E-state index contributed by atoms with van der Waals surface area (Å²) in [5.74, 6) is 0.308. The van der Waals surface area contributed by atoms with Crippen molar-refractivity contribution in [2.45, 2.75) is 88.7 Å². The monoisotopic (exact) mass is 1440 g/mol. The number of aryl methyl sites for hydroxylation is 1. The zero-order valence-electron chi connectivity index (χ0n) is 54.6. The Morgan fingerprint density at radius 2 is 0.828 bits per heavy atom. The topological polar surface area (TPSA) is 342 Å². The number of nitrogens with one attached hydrogen (secondary N) is 3. The Kier molecular flexibility index (Phi) is 22.4. The number of carbonyl (C=O) groups is 3. The predicted molar refractivity (Wildman–Crippen MR) is 358 cm³/mol. The molecule has 5 aromatic heterocycles. The highest BCUT2D eigenvalue weighted by molar-refractivity contribution is 7.89. The Morgan fingerprint density at radius 1 is 0.455 bits per heavy atom. The van der Waals surface area contributed by atoms with Crippen molar-refractivity contribution in [2.75, 3.05) is 55.2 Å². The number of nitrogens with zero attached hydrogens (tertiary/aromatic N) is 11. The van der Waals surface area contributed by atoms with Crippen LogP contribution in [0.15, 0.2) is 162 Å². The SMILES string of the molecule is C[C@@H]1C[C@H](C)CN(S(=O)(=O)c2ccc(C(=O)Nc3nnc(-c4ccc(C(F)(F)F)cc4)o3)cn2)C1.C[C@@H]1C[C@H](C)CN(S(=O)(=O)c2ccc(C(=O)Nc3nnc(-c4ccc(Cl)cc4)o3)cc2)C1.Cc1ccc(-c2nnc(NC(=O)c3cncc(S(=O)(=O)N4C[C@H](C)C[C@H](C)C4)c3)o2)cc1. The van der Waals surface area contributed by atoms with Gasteiger partial charge in [-0.15, -0.1) is 15.3 Å². The van der Waals surface area contributed by atoms with Crippen LogP contribution in [0.2, 0.25) is 5.02 Å². The van der Waals surface area contributed by atoms with Gasteiger partial charge in [-0.25, -0.2) is 30.2 Å². The van der Waals surface area contributed by atoms with Crippen LogP contribution in [-0.4, -0.2) is 136 Å². The van der Waals surface area contributed by atoms with Crippen molar-refractivity contribution < 1.29 is 66.1 Å². The van der Waals surface area contributed by atoms with Crippen molar-refractivity contribution in [3.63, 3.8) is 0 Å². The summed E-state index contributed by atoms with van der Waals surface area (Å²) in [7, 11) is -11.2. The van der Waals surface area contributed by atoms with E-state index in [1.54, 1.807) is 24.3 Å². The van der Waals surface area contributed by atoms with Gasteiger partial charge in [0.25, 0.3) is 27.7 Å². The lowest BCUT2D eigenvalue weighted by Crippen LogP contribution is -2.42. The molecule has 3 N–H and O–H groups in total. The van der Waals surface area contributed by atoms with E-state index < -0.39 is 59.5 Å². The van der Waals surface area contributed by atoms with Gasteiger partial charge in [0, 0.05) is 85.1 Å². The normalized spacial score (nSPS) is 19.5. The number of amides is 3. The summed E-state index contributed by atoms with van der Waals surface area (Å²) in [6, 6.07) is 27.8. The Bertz CT molecular complexity index is 4650. The number of piperidine rings is 3. The summed E-state index contributed by atoms with van der Waals surface area (Å²) in [4.78, 5) is 45.8. The van der Waals surface area contributed by atoms with Crippen LogP contribution in [0.4, 0.5) is 31.2 Å². The van der Waals surface area contributed by atoms with Gasteiger partial charge in [0.2, 0.25) is 37.7 Å². The number of alkyl halides is 3. The number of halogens is 4. The number of aromatic nitrogens is 8. The summed E-state index contributed by atoms with van der Waals surface area (Å²) in [6.07, 6.45) is 2.17. The number of anilines is 3. The molecule has 8 heterocycles. The largest absolute Gasteiger partial charge is 0.416 e. The van der Waals surface area contributed by atoms with Gasteiger partial charge in [-0.05, 0) is 165 Å². The molecule has 4 aromatic carbocycles. The van der Waals surface area contributed by atoms with Crippen LogP contribution in [0, 0.1) is 42.4 Å². The molecule has 26 nitrogen and oxygen atoms in total. The lowest BCUT2D eigenvalue weighted by molar-refractivity contribution is -0.137. The number of hydrogen-bond acceptors (Lipinski definition) is 20. The quantitative estimate of drug-likeness (QED) is 0.0858. The van der Waals surface area contributed by atoms with E-state index in [4.69, 9.17) is 24.9 Å². The van der Waals surface area contributed by atoms with Gasteiger partial charge in [0.1, 0.15) is 4.90 Å². The minimum absolute atomic E-state index is 0.0164. The standard InChI is InChI=1S/C22H23ClN4O4S.C22H22F3N5O4S.C22H25N5O4S/c1-14-11-15(2)13-27(12-14)32(29,30)19-9-5-16(6-10-19)20(28)24-22-26-25-21(31-22)17-3-7-18(23)8-4-17;1-13-9-14(2)12-30(11-13)35(32,33)18-8-5-16(10-26-18)19(31)27-21-29-28-20(34-21)15-3-6-17(7-4-15)22(23,24)25;1-14-4-6-17(7-5-14)21-25-26-22(31-21)24-20(28)18-9-19(11-23-10-18)32(29,30)27-12-15(2)8-16(3)13-27/h3-10,14-15H,11-13H2,1-2H3,(H,24,26,28);3-8,10,13-14H,9,11-12H2,1-2H3,(H,27,29,31);4-7,9-11,15-16H,8,12-13H2,1-3H3,(H,24,26,28)/t14-,15+;13-,14+;15-,16+. The number of benzene rings is 4. The first-order valence-corrected chi connectivity index (χ1v) is 36.0. The van der Waals surface area contributed by atoms with E-state index in [0.29, 0.717) is 61.7 Å². The van der Waals surface area contributed by atoms with Crippen molar-refractivity contribution >= 4 is 77.4 Å². The average Bonchev–Trinajstić information content (AvgIpc) is 1.60. The second-order valence-electron chi connectivity index (χ2n) is 25.2. The van der Waals surface area contributed by atoms with Crippen LogP contribution in [0.5, 0.6) is 0 Å². The third-order valence-corrected chi connectivity index (χ3v) is 21.9. The Balaban J connectivity index is 0.000000161. The van der Waals surface area contributed by atoms with E-state index in [1.807, 2.05) is 58.9 Å². The van der Waals surface area contributed by atoms with E-state index >= 15 is 0 Å². The summed E-state index contributed by atoms with van der Waals surface area (Å²) in [5, 5.41) is 30.7. The minimum atomic E-state index is -4.47. The van der Waals surface area contributed by atoms with Crippen molar-refractivity contribution in [3.05, 3.63) is 167 Å². The van der Waals surface area contributed by atoms with Gasteiger partial charge in [-0.2, -0.15) is 26.1 Å². The van der Waals surface area contributed by atoms with Gasteiger partial charge in [-0.1, -0.05) is 86.1 Å². The maximum absolute atomic E-state index is 13.1. The van der Waals surface area contributed by atoms with Crippen LogP contribution >= 0.6 is 11.6 Å². The van der Waals surface area contributed by atoms with Crippen molar-refractivity contribution in [1.29, 1.82) is 0 Å². The Labute approximate surface area is 574 Å². The number of sulfonamides is 3. The molecule has 99 heavy (non-hydrogen) atoms. The molecule has 3 aliphatic rings. The third kappa shape index (κ3) is 18.2. The minimum Gasteiger partial charge on any atom is -0.403 e. The third-order valence-electron chi connectivity index (χ3n) is 16.3. The zero-order chi connectivity index (χ0) is 71.1. The van der Waals surface area contributed by atoms with E-state index in [1.165, 1.54) is 79.9 Å². The molecule has 0 spiro atoms. The highest BCUT2D eigenvalue weighted by Gasteiger charge is 2.36. The van der Waals surface area contributed by atoms with Gasteiger partial charge in [0.15, 0.2) is 5.03 Å². The predicted octanol–water partition coefficient (Wildman–Crippen LogP) is 11.7. The molecule has 3 saturated heterocycles. The molecule has 0 bridgehead atoms. The lowest BCUT2D eigenvalue weighted by Gasteiger charge is -2.34. The van der Waals surface area contributed by atoms with Crippen molar-refractivity contribution in [1.82, 2.24) is 53.5 Å². The molecule has 0 saturated carbocycles. The Hall–Kier alpha value is -9.18. The second kappa shape index (κ2) is 30.5. The average molecular weight is 1440 g/mol. The van der Waals surface area contributed by atoms with Crippen LogP contribution in [0.1, 0.15) is 103 Å². The number of rotatable bonds is 15. The molecule has 0 unspecified atom stereocenters. The molecule has 9 aromatic rings. The first-order valence-electron chi connectivity index (χ1n) is 31.3. The fourth-order valence-corrected chi connectivity index (χ4v) is 16.8. The number of pyridine rings is 2. The van der Waals surface area contributed by atoms with Gasteiger partial charge >= 0.3 is 24.2 Å². The molecule has 0 aliphatic carbocycles. The lowest BCUT2D eigenvalue weighted by atomic mass is 9.94. The summed E-state index contributed by atoms with van der Waals surface area (Å²) < 4.78 is 137. The molecule has 33 heteroatoms. The maximum Gasteiger partial charge on any atom is 0.416 e. The van der Waals surface area contributed by atoms with Crippen LogP contribution in [0.25, 0.3) is 34.4 Å². The van der Waals surface area contributed by atoms with E-state index in [2.05, 4.69) is 70.4 Å². The first-order chi connectivity index (χ1) is 46.9. The maximum atomic E-state index is 13.1. The summed E-state index contributed by atoms with van der Waals surface area (Å²) in [6.45, 7) is 16.9. The van der Waals surface area contributed by atoms with Gasteiger partial charge in [0.05, 0.1) is 21.6 Å². The molecular weight excluding hydrogens is 1370 g/mol. The number of hydrogen-bond donors (Lipinski definition) is 3. The molecule has 3 amide bonds. The summed E-state index contributed by atoms with van der Waals surface area (Å²) >= 11 is 5.87. The van der Waals surface area contributed by atoms with E-state index in [0.717, 1.165) is 48.7 Å². The highest BCUT2D eigenvalue weighted by atomic mass is 35.5. The molecule has 522 valence electrons.